The summed E-state index contributed by atoms with van der Waals surface area (Å²) in [5, 5.41) is 2.43. The first-order chi connectivity index (χ1) is 14.5. The summed E-state index contributed by atoms with van der Waals surface area (Å²) in [5.74, 6) is -1.78. The van der Waals surface area contributed by atoms with Gasteiger partial charge in [-0.25, -0.2) is 0 Å². The summed E-state index contributed by atoms with van der Waals surface area (Å²) in [4.78, 5) is 57.2. The minimum Gasteiger partial charge on any atom is -0.341 e. The number of hydrogen-bond donors (Lipinski definition) is 1. The van der Waals surface area contributed by atoms with E-state index in [1.807, 2.05) is 6.07 Å². The van der Waals surface area contributed by atoms with E-state index in [2.05, 4.69) is 10.3 Å². The van der Waals surface area contributed by atoms with E-state index >= 15 is 0 Å². The standard InChI is InChI=1S/C20H20N4O4S2/c25-12(23-7-2-1-3-8-23)10-24-19-16(30-20(24)28)13(11-5-4-6-21-9-11)14-15(29-19)18(27)22-17(14)26/h4-6,9,13-15H,1-3,7-8,10H2,(H,22,26,27). The molecule has 3 atom stereocenters. The lowest BCUT2D eigenvalue weighted by molar-refractivity contribution is -0.133. The maximum absolute atomic E-state index is 12.9. The first-order valence-corrected chi connectivity index (χ1v) is 11.7. The van der Waals surface area contributed by atoms with Crippen LogP contribution in [-0.2, 0) is 20.9 Å². The molecule has 2 aromatic heterocycles. The van der Waals surface area contributed by atoms with Crippen LogP contribution in [0.15, 0.2) is 34.3 Å². The van der Waals surface area contributed by atoms with Crippen molar-refractivity contribution >= 4 is 40.8 Å². The van der Waals surface area contributed by atoms with Crippen LogP contribution in [0.2, 0.25) is 0 Å². The van der Waals surface area contributed by atoms with Gasteiger partial charge in [-0.15, -0.1) is 0 Å². The second-order valence-electron chi connectivity index (χ2n) is 7.75. The Kier molecular flexibility index (Phi) is 4.98. The molecule has 5 rings (SSSR count). The molecule has 2 fully saturated rings. The number of imide groups is 1. The minimum absolute atomic E-state index is 0.0373. The van der Waals surface area contributed by atoms with Crippen LogP contribution in [0.3, 0.4) is 0 Å². The van der Waals surface area contributed by atoms with Crippen LogP contribution in [0, 0.1) is 5.92 Å². The van der Waals surface area contributed by atoms with Crippen LogP contribution in [0.5, 0.6) is 0 Å². The highest BCUT2D eigenvalue weighted by molar-refractivity contribution is 8.00. The number of carbonyl (C=O) groups is 3. The van der Waals surface area contributed by atoms with Crippen molar-refractivity contribution in [2.45, 2.75) is 42.0 Å². The minimum atomic E-state index is -0.624. The van der Waals surface area contributed by atoms with Crippen LogP contribution in [0.25, 0.3) is 0 Å². The van der Waals surface area contributed by atoms with Gasteiger partial charge in [-0.3, -0.25) is 34.0 Å². The first-order valence-electron chi connectivity index (χ1n) is 9.97. The van der Waals surface area contributed by atoms with E-state index in [1.54, 1.807) is 23.4 Å². The summed E-state index contributed by atoms with van der Waals surface area (Å²) < 4.78 is 1.48. The molecule has 0 aliphatic carbocycles. The maximum Gasteiger partial charge on any atom is 0.308 e. The fraction of sp³-hybridized carbons (Fsp3) is 0.450. The largest absolute Gasteiger partial charge is 0.341 e. The number of hydrogen-bond acceptors (Lipinski definition) is 7. The lowest BCUT2D eigenvalue weighted by Crippen LogP contribution is -2.39. The van der Waals surface area contributed by atoms with E-state index in [0.29, 0.717) is 18.1 Å². The van der Waals surface area contributed by atoms with Gasteiger partial charge in [-0.1, -0.05) is 29.2 Å². The van der Waals surface area contributed by atoms with Gasteiger partial charge < -0.3 is 4.90 Å². The van der Waals surface area contributed by atoms with Gasteiger partial charge in [0.2, 0.25) is 17.7 Å². The summed E-state index contributed by atoms with van der Waals surface area (Å²) in [6.07, 6.45) is 6.39. The highest BCUT2D eigenvalue weighted by atomic mass is 32.2. The number of nitrogens with one attached hydrogen (secondary N) is 1. The molecule has 10 heteroatoms. The Morgan fingerprint density at radius 3 is 2.70 bits per heavy atom. The Hall–Kier alpha value is -2.46. The molecule has 3 aliphatic heterocycles. The van der Waals surface area contributed by atoms with Gasteiger partial charge in [0.25, 0.3) is 0 Å². The quantitative estimate of drug-likeness (QED) is 0.714. The molecular weight excluding hydrogens is 424 g/mol. The third-order valence-electron chi connectivity index (χ3n) is 5.93. The lowest BCUT2D eigenvalue weighted by Gasteiger charge is -2.31. The molecular formula is C20H20N4O4S2. The number of rotatable bonds is 3. The average molecular weight is 445 g/mol. The van der Waals surface area contributed by atoms with Crippen LogP contribution in [0.4, 0.5) is 0 Å². The second kappa shape index (κ2) is 7.66. The third kappa shape index (κ3) is 3.18. The molecule has 0 aromatic carbocycles. The van der Waals surface area contributed by atoms with Gasteiger partial charge in [0, 0.05) is 36.3 Å². The highest BCUT2D eigenvalue weighted by Gasteiger charge is 2.52. The number of thioether (sulfide) groups is 1. The van der Waals surface area contributed by atoms with Gasteiger partial charge in [-0.05, 0) is 30.9 Å². The molecule has 30 heavy (non-hydrogen) atoms. The molecule has 2 aromatic rings. The van der Waals surface area contributed by atoms with Crippen LogP contribution in [0.1, 0.15) is 35.6 Å². The molecule has 3 aliphatic rings. The Balaban J connectivity index is 1.56. The van der Waals surface area contributed by atoms with E-state index < -0.39 is 17.1 Å². The smallest absolute Gasteiger partial charge is 0.308 e. The van der Waals surface area contributed by atoms with Gasteiger partial charge in [0.15, 0.2) is 0 Å². The zero-order chi connectivity index (χ0) is 20.8. The van der Waals surface area contributed by atoms with Crippen molar-refractivity contribution in [3.63, 3.8) is 0 Å². The number of nitrogens with zero attached hydrogens (tertiary/aromatic N) is 3. The molecule has 0 spiro atoms. The molecule has 5 heterocycles. The molecule has 3 amide bonds. The van der Waals surface area contributed by atoms with Crippen molar-refractivity contribution < 1.29 is 14.4 Å². The fourth-order valence-corrected chi connectivity index (χ4v) is 7.21. The van der Waals surface area contributed by atoms with Gasteiger partial charge in [0.1, 0.15) is 11.8 Å². The average Bonchev–Trinajstić information content (AvgIpc) is 3.23. The van der Waals surface area contributed by atoms with Crippen molar-refractivity contribution in [2.24, 2.45) is 5.92 Å². The maximum atomic E-state index is 12.9. The number of amides is 3. The number of piperidine rings is 1. The number of aromatic nitrogens is 2. The number of likely N-dealkylation sites (tertiary alicyclic amines) is 1. The van der Waals surface area contributed by atoms with Crippen molar-refractivity contribution in [2.75, 3.05) is 13.1 Å². The van der Waals surface area contributed by atoms with E-state index in [4.69, 9.17) is 0 Å². The Morgan fingerprint density at radius 1 is 1.17 bits per heavy atom. The molecule has 0 bridgehead atoms. The Bertz CT molecular complexity index is 1070. The summed E-state index contributed by atoms with van der Waals surface area (Å²) >= 11 is 2.28. The predicted octanol–water partition coefficient (Wildman–Crippen LogP) is 1.20. The topological polar surface area (TPSA) is 101 Å². The molecule has 2 saturated heterocycles. The van der Waals surface area contributed by atoms with Crippen molar-refractivity contribution in [3.05, 3.63) is 44.6 Å². The first kappa shape index (κ1) is 19.5. The number of thiazole rings is 1. The Labute approximate surface area is 180 Å². The van der Waals surface area contributed by atoms with Crippen molar-refractivity contribution in [3.8, 4) is 0 Å². The highest BCUT2D eigenvalue weighted by Crippen LogP contribution is 2.51. The number of pyridine rings is 1. The number of fused-ring (bicyclic) bond motifs is 2. The summed E-state index contributed by atoms with van der Waals surface area (Å²) in [6.45, 7) is 1.39. The molecule has 1 N–H and O–H groups in total. The predicted molar refractivity (Wildman–Crippen MR) is 111 cm³/mol. The van der Waals surface area contributed by atoms with Crippen LogP contribution >= 0.6 is 23.1 Å². The summed E-state index contributed by atoms with van der Waals surface area (Å²) in [7, 11) is 0. The zero-order valence-electron chi connectivity index (χ0n) is 16.1. The zero-order valence-corrected chi connectivity index (χ0v) is 17.7. The third-order valence-corrected chi connectivity index (χ3v) is 8.55. The number of carbonyl (C=O) groups excluding carboxylic acids is 3. The normalized spacial score (nSPS) is 25.6. The lowest BCUT2D eigenvalue weighted by atomic mass is 9.84. The fourth-order valence-electron chi connectivity index (χ4n) is 4.47. The van der Waals surface area contributed by atoms with Crippen LogP contribution < -0.4 is 10.2 Å². The van der Waals surface area contributed by atoms with E-state index in [9.17, 15) is 19.2 Å². The molecule has 3 unspecified atom stereocenters. The molecule has 156 valence electrons. The van der Waals surface area contributed by atoms with E-state index in [-0.39, 0.29) is 29.1 Å². The van der Waals surface area contributed by atoms with Crippen molar-refractivity contribution in [1.82, 2.24) is 19.8 Å². The Morgan fingerprint density at radius 2 is 1.97 bits per heavy atom. The summed E-state index contributed by atoms with van der Waals surface area (Å²) in [6, 6.07) is 3.64. The van der Waals surface area contributed by atoms with E-state index in [0.717, 1.165) is 41.0 Å². The van der Waals surface area contributed by atoms with Gasteiger partial charge >= 0.3 is 4.87 Å². The van der Waals surface area contributed by atoms with Crippen molar-refractivity contribution in [1.29, 1.82) is 0 Å². The molecule has 0 saturated carbocycles. The molecule has 0 radical (unpaired) electrons. The summed E-state index contributed by atoms with van der Waals surface area (Å²) in [5.41, 5.74) is 0.787. The monoisotopic (exact) mass is 444 g/mol. The van der Waals surface area contributed by atoms with Gasteiger partial charge in [-0.2, -0.15) is 0 Å². The molecule has 8 nitrogen and oxygen atoms in total. The van der Waals surface area contributed by atoms with Gasteiger partial charge in [0.05, 0.1) is 10.9 Å². The second-order valence-corrected chi connectivity index (χ2v) is 9.87. The van der Waals surface area contributed by atoms with Crippen LogP contribution in [-0.4, -0.2) is 50.5 Å². The van der Waals surface area contributed by atoms with E-state index in [1.165, 1.54) is 16.3 Å². The SMILES string of the molecule is O=C1NC(=O)C2C1Sc1c(sc(=O)n1CC(=O)N1CCCCC1)C2c1cccnc1.